The van der Waals surface area contributed by atoms with E-state index in [1.54, 1.807) is 23.1 Å². The zero-order valence-corrected chi connectivity index (χ0v) is 14.8. The van der Waals surface area contributed by atoms with Crippen LogP contribution in [0.3, 0.4) is 0 Å². The molecule has 2 aliphatic rings. The molecule has 1 aliphatic heterocycles. The molecule has 2 heterocycles. The van der Waals surface area contributed by atoms with Crippen LogP contribution < -0.4 is 15.8 Å². The lowest BCUT2D eigenvalue weighted by Crippen LogP contribution is -2.45. The smallest absolute Gasteiger partial charge is 0.288 e. The van der Waals surface area contributed by atoms with Crippen molar-refractivity contribution < 1.29 is 14.4 Å². The molecular weight excluding hydrogens is 344 g/mol. The lowest BCUT2D eigenvalue weighted by molar-refractivity contribution is -0.126. The third-order valence-corrected chi connectivity index (χ3v) is 5.09. The topological polar surface area (TPSA) is 91.4 Å². The molecule has 138 valence electrons. The molecule has 0 unspecified atom stereocenters. The number of amides is 3. The number of fused-ring (bicyclic) bond motifs is 1. The van der Waals surface area contributed by atoms with Gasteiger partial charge in [-0.15, -0.1) is 0 Å². The van der Waals surface area contributed by atoms with Crippen LogP contribution in [0.15, 0.2) is 42.6 Å². The van der Waals surface area contributed by atoms with E-state index in [-0.39, 0.29) is 23.9 Å². The highest BCUT2D eigenvalue weighted by molar-refractivity contribution is 6.01. The first-order valence-corrected chi connectivity index (χ1v) is 9.05. The molecule has 1 atom stereocenters. The Morgan fingerprint density at radius 2 is 1.93 bits per heavy atom. The number of nitrogens with zero attached hydrogens (tertiary/aromatic N) is 2. The Kier molecular flexibility index (Phi) is 4.58. The maximum atomic E-state index is 12.4. The van der Waals surface area contributed by atoms with Crippen molar-refractivity contribution >= 4 is 23.4 Å². The Bertz CT molecular complexity index is 897. The van der Waals surface area contributed by atoms with E-state index in [1.165, 1.54) is 17.3 Å². The summed E-state index contributed by atoms with van der Waals surface area (Å²) >= 11 is 0. The van der Waals surface area contributed by atoms with Crippen LogP contribution in [0.2, 0.25) is 0 Å². The molecule has 1 aliphatic carbocycles. The zero-order chi connectivity index (χ0) is 18.8. The molecule has 0 spiro atoms. The van der Waals surface area contributed by atoms with Gasteiger partial charge in [0.15, 0.2) is 0 Å². The maximum absolute atomic E-state index is 12.4. The first-order chi connectivity index (χ1) is 13.1. The highest BCUT2D eigenvalue weighted by Gasteiger charge is 2.35. The van der Waals surface area contributed by atoms with Gasteiger partial charge in [0.25, 0.3) is 5.91 Å². The largest absolute Gasteiger partial charge is 0.312 e. The van der Waals surface area contributed by atoms with Gasteiger partial charge in [0, 0.05) is 24.8 Å². The quantitative estimate of drug-likeness (QED) is 0.805. The maximum Gasteiger partial charge on any atom is 0.288 e. The summed E-state index contributed by atoms with van der Waals surface area (Å²) in [5.41, 5.74) is 8.43. The van der Waals surface area contributed by atoms with Crippen molar-refractivity contribution in [1.29, 1.82) is 0 Å². The van der Waals surface area contributed by atoms with Crippen molar-refractivity contribution in [2.45, 2.75) is 25.7 Å². The average molecular weight is 364 g/mol. The monoisotopic (exact) mass is 364 g/mol. The van der Waals surface area contributed by atoms with E-state index in [1.807, 2.05) is 6.07 Å². The second kappa shape index (κ2) is 7.19. The van der Waals surface area contributed by atoms with E-state index < -0.39 is 11.8 Å². The molecule has 4 rings (SSSR count). The van der Waals surface area contributed by atoms with Gasteiger partial charge in [0.05, 0.1) is 5.92 Å². The van der Waals surface area contributed by atoms with Gasteiger partial charge in [-0.05, 0) is 54.7 Å². The number of carbonyl (C=O) groups excluding carboxylic acids is 3. The molecule has 2 aromatic rings. The molecular formula is C20H20N4O3. The first kappa shape index (κ1) is 17.2. The highest BCUT2D eigenvalue weighted by Crippen LogP contribution is 2.30. The molecule has 2 N–H and O–H groups in total. The molecule has 7 heteroatoms. The number of hydrogen-bond acceptors (Lipinski definition) is 4. The van der Waals surface area contributed by atoms with Crippen LogP contribution in [-0.4, -0.2) is 29.3 Å². The third-order valence-electron chi connectivity index (χ3n) is 5.09. The number of hydrogen-bond donors (Lipinski definition) is 2. The number of anilines is 1. The van der Waals surface area contributed by atoms with Crippen LogP contribution in [-0.2, 0) is 22.4 Å². The SMILES string of the molecule is O=C(NNC(=O)[C@H]1CC(=O)N(c2ccc3c(c2)CCC3)C1)c1ccccn1. The van der Waals surface area contributed by atoms with Crippen molar-refractivity contribution in [2.24, 2.45) is 5.92 Å². The summed E-state index contributed by atoms with van der Waals surface area (Å²) in [7, 11) is 0. The Hall–Kier alpha value is -3.22. The molecule has 0 bridgehead atoms. The summed E-state index contributed by atoms with van der Waals surface area (Å²) in [6, 6.07) is 11.0. The van der Waals surface area contributed by atoms with E-state index in [9.17, 15) is 14.4 Å². The number of benzene rings is 1. The first-order valence-electron chi connectivity index (χ1n) is 9.05. The van der Waals surface area contributed by atoms with E-state index in [0.717, 1.165) is 24.9 Å². The summed E-state index contributed by atoms with van der Waals surface area (Å²) in [5.74, 6) is -1.46. The van der Waals surface area contributed by atoms with Gasteiger partial charge in [-0.2, -0.15) is 0 Å². The molecule has 0 saturated carbocycles. The normalized spacial score (nSPS) is 18.3. The minimum Gasteiger partial charge on any atom is -0.312 e. The Morgan fingerprint density at radius 1 is 1.07 bits per heavy atom. The number of pyridine rings is 1. The van der Waals surface area contributed by atoms with Crippen LogP contribution in [0.5, 0.6) is 0 Å². The number of aromatic nitrogens is 1. The predicted octanol–water partition coefficient (Wildman–Crippen LogP) is 1.38. The summed E-state index contributed by atoms with van der Waals surface area (Å²) in [6.45, 7) is 0.308. The van der Waals surface area contributed by atoms with E-state index in [0.29, 0.717) is 6.54 Å². The molecule has 0 radical (unpaired) electrons. The van der Waals surface area contributed by atoms with Gasteiger partial charge in [0.2, 0.25) is 11.8 Å². The van der Waals surface area contributed by atoms with Gasteiger partial charge in [-0.1, -0.05) is 12.1 Å². The molecule has 27 heavy (non-hydrogen) atoms. The standard InChI is InChI=1S/C20H20N4O3/c25-18-11-15(19(26)22-23-20(27)17-6-1-2-9-21-17)12-24(18)16-8-7-13-4-3-5-14(13)10-16/h1-2,6-10,15H,3-5,11-12H2,(H,22,26)(H,23,27)/t15-/m0/s1. The summed E-state index contributed by atoms with van der Waals surface area (Å²) in [6.07, 6.45) is 4.90. The number of hydrazine groups is 1. The lowest BCUT2D eigenvalue weighted by atomic mass is 10.1. The van der Waals surface area contributed by atoms with Crippen LogP contribution >= 0.6 is 0 Å². The fraction of sp³-hybridized carbons (Fsp3) is 0.300. The fourth-order valence-electron chi connectivity index (χ4n) is 3.64. The van der Waals surface area contributed by atoms with Crippen molar-refractivity contribution in [3.63, 3.8) is 0 Å². The predicted molar refractivity (Wildman–Crippen MR) is 98.8 cm³/mol. The average Bonchev–Trinajstić information content (AvgIpc) is 3.32. The van der Waals surface area contributed by atoms with Gasteiger partial charge < -0.3 is 4.90 Å². The molecule has 1 aromatic heterocycles. The van der Waals surface area contributed by atoms with Crippen LogP contribution in [0, 0.1) is 5.92 Å². The number of aryl methyl sites for hydroxylation is 2. The third kappa shape index (κ3) is 3.53. The second-order valence-electron chi connectivity index (χ2n) is 6.87. The zero-order valence-electron chi connectivity index (χ0n) is 14.8. The Morgan fingerprint density at radius 3 is 2.74 bits per heavy atom. The molecule has 1 aromatic carbocycles. The van der Waals surface area contributed by atoms with Crippen molar-refractivity contribution in [3.05, 3.63) is 59.4 Å². The van der Waals surface area contributed by atoms with Gasteiger partial charge >= 0.3 is 0 Å². The number of carbonyl (C=O) groups is 3. The van der Waals surface area contributed by atoms with E-state index in [4.69, 9.17) is 0 Å². The van der Waals surface area contributed by atoms with Gasteiger partial charge in [-0.3, -0.25) is 30.2 Å². The molecule has 1 fully saturated rings. The molecule has 7 nitrogen and oxygen atoms in total. The van der Waals surface area contributed by atoms with Crippen LogP contribution in [0.25, 0.3) is 0 Å². The van der Waals surface area contributed by atoms with E-state index >= 15 is 0 Å². The summed E-state index contributed by atoms with van der Waals surface area (Å²) < 4.78 is 0. The van der Waals surface area contributed by atoms with Gasteiger partial charge in [0.1, 0.15) is 5.69 Å². The minimum absolute atomic E-state index is 0.0795. The van der Waals surface area contributed by atoms with Crippen molar-refractivity contribution in [3.8, 4) is 0 Å². The molecule has 1 saturated heterocycles. The van der Waals surface area contributed by atoms with Crippen LogP contribution in [0.1, 0.15) is 34.5 Å². The minimum atomic E-state index is -0.505. The van der Waals surface area contributed by atoms with E-state index in [2.05, 4.69) is 28.0 Å². The molecule has 3 amide bonds. The van der Waals surface area contributed by atoms with Crippen molar-refractivity contribution in [2.75, 3.05) is 11.4 Å². The Balaban J connectivity index is 1.37. The summed E-state index contributed by atoms with van der Waals surface area (Å²) in [5, 5.41) is 0. The second-order valence-corrected chi connectivity index (χ2v) is 6.87. The summed E-state index contributed by atoms with van der Waals surface area (Å²) in [4.78, 5) is 42.3. The lowest BCUT2D eigenvalue weighted by Gasteiger charge is -2.18. The number of nitrogens with one attached hydrogen (secondary N) is 2. The van der Waals surface area contributed by atoms with Crippen molar-refractivity contribution in [1.82, 2.24) is 15.8 Å². The highest BCUT2D eigenvalue weighted by atomic mass is 16.2. The fourth-order valence-corrected chi connectivity index (χ4v) is 3.64. The van der Waals surface area contributed by atoms with Crippen LogP contribution in [0.4, 0.5) is 5.69 Å². The Labute approximate surface area is 156 Å². The number of rotatable bonds is 3. The van der Waals surface area contributed by atoms with Gasteiger partial charge in [-0.25, -0.2) is 0 Å².